The molecule has 0 bridgehead atoms. The Hall–Kier alpha value is -0.200. The van der Waals surface area contributed by atoms with Crippen LogP contribution in [0.25, 0.3) is 0 Å². The summed E-state index contributed by atoms with van der Waals surface area (Å²) < 4.78 is 5.90. The molecule has 0 aromatic heterocycles. The maximum absolute atomic E-state index is 5.90. The van der Waals surface area contributed by atoms with E-state index in [0.717, 1.165) is 39.4 Å². The third-order valence-corrected chi connectivity index (χ3v) is 4.02. The Labute approximate surface area is 132 Å². The van der Waals surface area contributed by atoms with Gasteiger partial charge < -0.3 is 24.3 Å². The van der Waals surface area contributed by atoms with Gasteiger partial charge in [0.05, 0.1) is 13.2 Å². The molecule has 0 heterocycles. The first-order valence-electron chi connectivity index (χ1n) is 8.01. The number of hydrogen-bond donors (Lipinski definition) is 0. The Morgan fingerprint density at radius 3 is 1.24 bits per heavy atom. The normalized spacial score (nSPS) is 15.4. The highest BCUT2D eigenvalue weighted by Gasteiger charge is 2.12. The van der Waals surface area contributed by atoms with Crippen LogP contribution in [0.3, 0.4) is 0 Å². The van der Waals surface area contributed by atoms with Crippen LogP contribution in [0.15, 0.2) is 0 Å². The third-order valence-electron chi connectivity index (χ3n) is 4.02. The second-order valence-electron chi connectivity index (χ2n) is 6.80. The van der Waals surface area contributed by atoms with E-state index in [4.69, 9.17) is 4.74 Å². The van der Waals surface area contributed by atoms with E-state index in [-0.39, 0.29) is 0 Å². The molecular weight excluding hydrogens is 264 g/mol. The lowest BCUT2D eigenvalue weighted by Gasteiger charge is -2.28. The van der Waals surface area contributed by atoms with E-state index in [1.54, 1.807) is 0 Å². The van der Waals surface area contributed by atoms with E-state index < -0.39 is 0 Å². The highest BCUT2D eigenvalue weighted by molar-refractivity contribution is 4.66. The summed E-state index contributed by atoms with van der Waals surface area (Å²) in [5, 5.41) is 0. The Balaban J connectivity index is 3.80. The Morgan fingerprint density at radius 1 is 0.619 bits per heavy atom. The molecule has 0 aromatic rings. The van der Waals surface area contributed by atoms with Crippen LogP contribution < -0.4 is 0 Å². The van der Waals surface area contributed by atoms with Crippen molar-refractivity contribution in [2.75, 3.05) is 81.7 Å². The number of likely N-dealkylation sites (N-methyl/N-ethyl adjacent to an activating group) is 4. The van der Waals surface area contributed by atoms with Crippen molar-refractivity contribution in [1.82, 2.24) is 19.6 Å². The number of hydrogen-bond acceptors (Lipinski definition) is 5. The molecule has 0 aliphatic rings. The first-order chi connectivity index (χ1) is 9.73. The summed E-state index contributed by atoms with van der Waals surface area (Å²) in [7, 11) is 12.8. The average Bonchev–Trinajstić information content (AvgIpc) is 2.41. The lowest BCUT2D eigenvalue weighted by Crippen LogP contribution is -2.40. The zero-order chi connectivity index (χ0) is 16.4. The van der Waals surface area contributed by atoms with Crippen LogP contribution in [0.4, 0.5) is 0 Å². The molecule has 0 amide bonds. The molecule has 0 aliphatic carbocycles. The summed E-state index contributed by atoms with van der Waals surface area (Å²) in [5.74, 6) is 0. The van der Waals surface area contributed by atoms with Crippen LogP contribution in [0, 0.1) is 0 Å². The molecule has 0 N–H and O–H groups in total. The van der Waals surface area contributed by atoms with Gasteiger partial charge in [-0.15, -0.1) is 0 Å². The van der Waals surface area contributed by atoms with E-state index in [0.29, 0.717) is 12.1 Å². The fraction of sp³-hybridized carbons (Fsp3) is 1.00. The lowest BCUT2D eigenvalue weighted by molar-refractivity contribution is 0.0405. The van der Waals surface area contributed by atoms with E-state index in [9.17, 15) is 0 Å². The van der Waals surface area contributed by atoms with Crippen molar-refractivity contribution in [2.45, 2.75) is 25.9 Å². The maximum atomic E-state index is 5.90. The molecule has 5 nitrogen and oxygen atoms in total. The van der Waals surface area contributed by atoms with Gasteiger partial charge in [0, 0.05) is 38.3 Å². The Bertz CT molecular complexity index is 224. The van der Waals surface area contributed by atoms with Crippen molar-refractivity contribution in [3.8, 4) is 0 Å². The second kappa shape index (κ2) is 11.4. The van der Waals surface area contributed by atoms with Gasteiger partial charge in [0.1, 0.15) is 0 Å². The largest absolute Gasteiger partial charge is 0.378 e. The smallest absolute Gasteiger partial charge is 0.0619 e. The first kappa shape index (κ1) is 20.8. The molecular formula is C16H38N4O. The summed E-state index contributed by atoms with van der Waals surface area (Å²) in [6.45, 7) is 10.4. The SMILES string of the molecule is CC(COCC(C)N(C)CCN(C)C)N(C)CCN(C)C. The van der Waals surface area contributed by atoms with Crippen LogP contribution in [-0.4, -0.2) is 113 Å². The predicted octanol–water partition coefficient (Wildman–Crippen LogP) is 0.767. The molecule has 0 fully saturated rings. The van der Waals surface area contributed by atoms with Crippen molar-refractivity contribution in [3.05, 3.63) is 0 Å². The summed E-state index contributed by atoms with van der Waals surface area (Å²) in [4.78, 5) is 9.15. The van der Waals surface area contributed by atoms with Crippen molar-refractivity contribution in [2.24, 2.45) is 0 Å². The molecule has 0 aromatic carbocycles. The molecule has 0 rings (SSSR count). The molecule has 0 radical (unpaired) electrons. The van der Waals surface area contributed by atoms with Crippen molar-refractivity contribution < 1.29 is 4.74 Å². The van der Waals surface area contributed by atoms with Gasteiger partial charge >= 0.3 is 0 Å². The molecule has 0 saturated heterocycles. The van der Waals surface area contributed by atoms with Gasteiger partial charge in [-0.2, -0.15) is 0 Å². The molecule has 0 spiro atoms. The zero-order valence-electron chi connectivity index (χ0n) is 15.6. The van der Waals surface area contributed by atoms with Gasteiger partial charge in [0.15, 0.2) is 0 Å². The lowest BCUT2D eigenvalue weighted by atomic mass is 10.3. The average molecular weight is 303 g/mol. The van der Waals surface area contributed by atoms with Gasteiger partial charge in [-0.05, 0) is 56.1 Å². The number of rotatable bonds is 12. The second-order valence-corrected chi connectivity index (χ2v) is 6.80. The molecule has 0 saturated carbocycles. The van der Waals surface area contributed by atoms with Crippen LogP contribution in [0.2, 0.25) is 0 Å². The fourth-order valence-corrected chi connectivity index (χ4v) is 1.82. The van der Waals surface area contributed by atoms with Crippen LogP contribution in [0.5, 0.6) is 0 Å². The van der Waals surface area contributed by atoms with E-state index in [1.165, 1.54) is 0 Å². The van der Waals surface area contributed by atoms with Crippen LogP contribution in [-0.2, 0) is 4.74 Å². The topological polar surface area (TPSA) is 22.2 Å². The van der Waals surface area contributed by atoms with Crippen LogP contribution in [0.1, 0.15) is 13.8 Å². The van der Waals surface area contributed by atoms with Crippen molar-refractivity contribution >= 4 is 0 Å². The zero-order valence-corrected chi connectivity index (χ0v) is 15.6. The summed E-state index contributed by atoms with van der Waals surface area (Å²) in [6.07, 6.45) is 0. The van der Waals surface area contributed by atoms with Crippen molar-refractivity contribution in [1.29, 1.82) is 0 Å². The molecule has 0 aliphatic heterocycles. The summed E-state index contributed by atoms with van der Waals surface area (Å²) in [5.41, 5.74) is 0. The maximum Gasteiger partial charge on any atom is 0.0619 e. The van der Waals surface area contributed by atoms with Gasteiger partial charge in [-0.25, -0.2) is 0 Å². The van der Waals surface area contributed by atoms with E-state index in [2.05, 4.69) is 75.7 Å². The van der Waals surface area contributed by atoms with E-state index >= 15 is 0 Å². The number of nitrogens with zero attached hydrogens (tertiary/aromatic N) is 4. The minimum Gasteiger partial charge on any atom is -0.378 e. The first-order valence-corrected chi connectivity index (χ1v) is 8.01. The van der Waals surface area contributed by atoms with Gasteiger partial charge in [0.2, 0.25) is 0 Å². The third kappa shape index (κ3) is 11.1. The Morgan fingerprint density at radius 2 is 0.952 bits per heavy atom. The Kier molecular flexibility index (Phi) is 11.3. The molecule has 5 heteroatoms. The quantitative estimate of drug-likeness (QED) is 0.529. The summed E-state index contributed by atoms with van der Waals surface area (Å²) in [6, 6.07) is 0.925. The molecule has 128 valence electrons. The monoisotopic (exact) mass is 302 g/mol. The van der Waals surface area contributed by atoms with Gasteiger partial charge in [-0.1, -0.05) is 0 Å². The minimum absolute atomic E-state index is 0.462. The number of ether oxygens (including phenoxy) is 1. The molecule has 2 atom stereocenters. The predicted molar refractivity (Wildman–Crippen MR) is 92.1 cm³/mol. The highest BCUT2D eigenvalue weighted by atomic mass is 16.5. The molecule has 2 unspecified atom stereocenters. The highest BCUT2D eigenvalue weighted by Crippen LogP contribution is 2.00. The fourth-order valence-electron chi connectivity index (χ4n) is 1.82. The summed E-state index contributed by atoms with van der Waals surface area (Å²) >= 11 is 0. The molecule has 21 heavy (non-hydrogen) atoms. The van der Waals surface area contributed by atoms with Gasteiger partial charge in [0.25, 0.3) is 0 Å². The minimum atomic E-state index is 0.462. The van der Waals surface area contributed by atoms with Gasteiger partial charge in [-0.3, -0.25) is 0 Å². The van der Waals surface area contributed by atoms with Crippen molar-refractivity contribution in [3.63, 3.8) is 0 Å². The van der Waals surface area contributed by atoms with Crippen LogP contribution >= 0.6 is 0 Å². The van der Waals surface area contributed by atoms with E-state index in [1.807, 2.05) is 0 Å². The standard InChI is InChI=1S/C16H38N4O/c1-15(19(7)11-9-17(3)4)13-21-14-16(2)20(8)12-10-18(5)6/h15-16H,9-14H2,1-8H3.